The summed E-state index contributed by atoms with van der Waals surface area (Å²) in [5.41, 5.74) is 7.98. The molecule has 0 saturated heterocycles. The second-order valence-corrected chi connectivity index (χ2v) is 4.80. The van der Waals surface area contributed by atoms with Gasteiger partial charge in [-0.3, -0.25) is 0 Å². The van der Waals surface area contributed by atoms with Crippen LogP contribution in [-0.2, 0) is 0 Å². The minimum Gasteiger partial charge on any atom is -0.490 e. The van der Waals surface area contributed by atoms with E-state index in [1.165, 1.54) is 0 Å². The van der Waals surface area contributed by atoms with Crippen LogP contribution in [0.15, 0.2) is 36.4 Å². The van der Waals surface area contributed by atoms with Gasteiger partial charge in [0.05, 0.1) is 23.9 Å². The number of hydrogen-bond donors (Lipinski definition) is 2. The highest BCUT2D eigenvalue weighted by atomic mass is 35.5. The Labute approximate surface area is 129 Å². The number of benzene rings is 2. The van der Waals surface area contributed by atoms with E-state index in [1.54, 1.807) is 12.1 Å². The molecule has 0 radical (unpaired) electrons. The van der Waals surface area contributed by atoms with Crippen LogP contribution in [0, 0.1) is 0 Å². The normalized spacial score (nSPS) is 10.2. The zero-order valence-electron chi connectivity index (χ0n) is 12.2. The molecule has 0 atom stereocenters. The maximum absolute atomic E-state index is 6.16. The fourth-order valence-corrected chi connectivity index (χ4v) is 2.15. The second kappa shape index (κ2) is 7.09. The lowest BCUT2D eigenvalue weighted by Crippen LogP contribution is -2.00. The highest BCUT2D eigenvalue weighted by Crippen LogP contribution is 2.33. The number of halogens is 1. The quantitative estimate of drug-likeness (QED) is 0.773. The van der Waals surface area contributed by atoms with Crippen LogP contribution < -0.4 is 20.5 Å². The molecule has 0 aliphatic heterocycles. The van der Waals surface area contributed by atoms with Crippen LogP contribution in [0.3, 0.4) is 0 Å². The van der Waals surface area contributed by atoms with Crippen LogP contribution in [-0.4, -0.2) is 13.2 Å². The van der Waals surface area contributed by atoms with Crippen molar-refractivity contribution >= 4 is 28.7 Å². The molecule has 0 heterocycles. The molecule has 4 nitrogen and oxygen atoms in total. The van der Waals surface area contributed by atoms with E-state index in [4.69, 9.17) is 26.8 Å². The zero-order chi connectivity index (χ0) is 15.2. The van der Waals surface area contributed by atoms with Crippen molar-refractivity contribution in [1.82, 2.24) is 0 Å². The summed E-state index contributed by atoms with van der Waals surface area (Å²) in [5, 5.41) is 3.82. The van der Waals surface area contributed by atoms with Gasteiger partial charge in [-0.25, -0.2) is 0 Å². The summed E-state index contributed by atoms with van der Waals surface area (Å²) in [6.45, 7) is 5.05. The predicted molar refractivity (Wildman–Crippen MR) is 87.9 cm³/mol. The summed E-state index contributed by atoms with van der Waals surface area (Å²) in [5.74, 6) is 1.43. The van der Waals surface area contributed by atoms with Crippen molar-refractivity contribution in [2.45, 2.75) is 13.8 Å². The number of rotatable bonds is 6. The molecule has 0 bridgehead atoms. The van der Waals surface area contributed by atoms with Crippen LogP contribution in [0.25, 0.3) is 0 Å². The largest absolute Gasteiger partial charge is 0.490 e. The van der Waals surface area contributed by atoms with Crippen LogP contribution in [0.5, 0.6) is 11.5 Å². The van der Waals surface area contributed by atoms with Gasteiger partial charge >= 0.3 is 0 Å². The third kappa shape index (κ3) is 3.95. The van der Waals surface area contributed by atoms with Crippen molar-refractivity contribution in [3.05, 3.63) is 41.4 Å². The zero-order valence-corrected chi connectivity index (χ0v) is 12.9. The van der Waals surface area contributed by atoms with Crippen LogP contribution in [0.1, 0.15) is 13.8 Å². The molecule has 0 aliphatic carbocycles. The summed E-state index contributed by atoms with van der Waals surface area (Å²) in [7, 11) is 0. The van der Waals surface area contributed by atoms with Crippen molar-refractivity contribution < 1.29 is 9.47 Å². The average molecular weight is 307 g/mol. The first kappa shape index (κ1) is 15.3. The monoisotopic (exact) mass is 306 g/mol. The van der Waals surface area contributed by atoms with Gasteiger partial charge in [0, 0.05) is 17.4 Å². The van der Waals surface area contributed by atoms with Crippen molar-refractivity contribution in [1.29, 1.82) is 0 Å². The highest BCUT2D eigenvalue weighted by molar-refractivity contribution is 6.33. The maximum Gasteiger partial charge on any atom is 0.163 e. The molecule has 0 unspecified atom stereocenters. The van der Waals surface area contributed by atoms with Crippen molar-refractivity contribution in [3.8, 4) is 11.5 Å². The minimum absolute atomic E-state index is 0.571. The van der Waals surface area contributed by atoms with Crippen LogP contribution in [0.2, 0.25) is 5.02 Å². The third-order valence-electron chi connectivity index (χ3n) is 2.82. The number of nitrogens with two attached hydrogens (primary N) is 1. The Hall–Kier alpha value is -2.07. The Balaban J connectivity index is 2.25. The van der Waals surface area contributed by atoms with E-state index >= 15 is 0 Å². The SMILES string of the molecule is CCOc1ccc(Nc2ccc(N)cc2Cl)cc1OCC. The summed E-state index contributed by atoms with van der Waals surface area (Å²) in [6.07, 6.45) is 0. The first-order chi connectivity index (χ1) is 10.1. The van der Waals surface area contributed by atoms with Crippen molar-refractivity contribution in [3.63, 3.8) is 0 Å². The molecule has 5 heteroatoms. The van der Waals surface area contributed by atoms with Gasteiger partial charge in [0.15, 0.2) is 11.5 Å². The lowest BCUT2D eigenvalue weighted by molar-refractivity contribution is 0.288. The number of nitrogen functional groups attached to an aromatic ring is 1. The van der Waals surface area contributed by atoms with Gasteiger partial charge in [-0.1, -0.05) is 11.6 Å². The molecule has 0 fully saturated rings. The molecule has 0 spiro atoms. The number of hydrogen-bond acceptors (Lipinski definition) is 4. The number of ether oxygens (including phenoxy) is 2. The fraction of sp³-hybridized carbons (Fsp3) is 0.250. The van der Waals surface area contributed by atoms with E-state index in [2.05, 4.69) is 5.32 Å². The lowest BCUT2D eigenvalue weighted by Gasteiger charge is -2.14. The molecule has 21 heavy (non-hydrogen) atoms. The Morgan fingerprint density at radius 1 is 1.00 bits per heavy atom. The van der Waals surface area contributed by atoms with Gasteiger partial charge in [0.1, 0.15) is 0 Å². The lowest BCUT2D eigenvalue weighted by atomic mass is 10.2. The van der Waals surface area contributed by atoms with E-state index < -0.39 is 0 Å². The Morgan fingerprint density at radius 2 is 1.71 bits per heavy atom. The highest BCUT2D eigenvalue weighted by Gasteiger charge is 2.07. The molecule has 2 rings (SSSR count). The Morgan fingerprint density at radius 3 is 2.38 bits per heavy atom. The van der Waals surface area contributed by atoms with Crippen molar-refractivity contribution in [2.24, 2.45) is 0 Å². The van der Waals surface area contributed by atoms with Gasteiger partial charge in [-0.2, -0.15) is 0 Å². The molecule has 2 aromatic carbocycles. The molecular weight excluding hydrogens is 288 g/mol. The van der Waals surface area contributed by atoms with Crippen molar-refractivity contribution in [2.75, 3.05) is 24.3 Å². The number of anilines is 3. The van der Waals surface area contributed by atoms with Gasteiger partial charge in [0.25, 0.3) is 0 Å². The summed E-state index contributed by atoms with van der Waals surface area (Å²) >= 11 is 6.16. The molecule has 0 aliphatic rings. The number of nitrogens with one attached hydrogen (secondary N) is 1. The maximum atomic E-state index is 6.16. The predicted octanol–water partition coefficient (Wildman–Crippen LogP) is 4.46. The first-order valence-corrected chi connectivity index (χ1v) is 7.23. The molecule has 112 valence electrons. The Kier molecular flexibility index (Phi) is 5.17. The first-order valence-electron chi connectivity index (χ1n) is 6.85. The second-order valence-electron chi connectivity index (χ2n) is 4.39. The topological polar surface area (TPSA) is 56.5 Å². The van der Waals surface area contributed by atoms with Gasteiger partial charge in [0.2, 0.25) is 0 Å². The summed E-state index contributed by atoms with van der Waals surface area (Å²) < 4.78 is 11.1. The van der Waals surface area contributed by atoms with Gasteiger partial charge in [-0.05, 0) is 44.2 Å². The average Bonchev–Trinajstić information content (AvgIpc) is 2.45. The van der Waals surface area contributed by atoms with E-state index in [-0.39, 0.29) is 0 Å². The van der Waals surface area contributed by atoms with Crippen LogP contribution >= 0.6 is 11.6 Å². The minimum atomic E-state index is 0.571. The molecular formula is C16H19ClN2O2. The fourth-order valence-electron chi connectivity index (χ4n) is 1.92. The standard InChI is InChI=1S/C16H19ClN2O2/c1-3-20-15-8-6-12(10-16(15)21-4-2)19-14-7-5-11(18)9-13(14)17/h5-10,19H,3-4,18H2,1-2H3. The summed E-state index contributed by atoms with van der Waals surface area (Å²) in [4.78, 5) is 0. The molecule has 2 aromatic rings. The van der Waals surface area contributed by atoms with Crippen LogP contribution in [0.4, 0.5) is 17.1 Å². The van der Waals surface area contributed by atoms with E-state index in [0.717, 1.165) is 17.1 Å². The van der Waals surface area contributed by atoms with E-state index in [0.29, 0.717) is 29.7 Å². The van der Waals surface area contributed by atoms with E-state index in [1.807, 2.05) is 38.1 Å². The molecule has 0 saturated carbocycles. The molecule has 0 amide bonds. The molecule has 0 aromatic heterocycles. The molecule has 3 N–H and O–H groups in total. The Bertz CT molecular complexity index is 617. The smallest absolute Gasteiger partial charge is 0.163 e. The van der Waals surface area contributed by atoms with E-state index in [9.17, 15) is 0 Å². The summed E-state index contributed by atoms with van der Waals surface area (Å²) in [6, 6.07) is 11.0. The third-order valence-corrected chi connectivity index (χ3v) is 3.13. The van der Waals surface area contributed by atoms with Gasteiger partial charge < -0.3 is 20.5 Å². The van der Waals surface area contributed by atoms with Gasteiger partial charge in [-0.15, -0.1) is 0 Å².